The van der Waals surface area contributed by atoms with E-state index in [1.54, 1.807) is 20.4 Å². The molecule has 1 amide bonds. The van der Waals surface area contributed by atoms with Gasteiger partial charge in [0, 0.05) is 17.8 Å². The minimum atomic E-state index is -0.143. The van der Waals surface area contributed by atoms with Crippen LogP contribution in [-0.4, -0.2) is 30.1 Å². The molecule has 1 aromatic carbocycles. The summed E-state index contributed by atoms with van der Waals surface area (Å²) in [4.78, 5) is 19.7. The van der Waals surface area contributed by atoms with Crippen molar-refractivity contribution in [2.75, 3.05) is 14.2 Å². The van der Waals surface area contributed by atoms with Gasteiger partial charge in [0.25, 0.3) is 0 Å². The normalized spacial score (nSPS) is 12.0. The first kappa shape index (κ1) is 16.8. The molecule has 25 heavy (non-hydrogen) atoms. The van der Waals surface area contributed by atoms with Crippen LogP contribution in [0.5, 0.6) is 11.5 Å². The number of fused-ring (bicyclic) bond motifs is 1. The van der Waals surface area contributed by atoms with Gasteiger partial charge in [-0.15, -0.1) is 0 Å². The van der Waals surface area contributed by atoms with Crippen LogP contribution in [0.1, 0.15) is 24.1 Å². The Labute approximate surface area is 146 Å². The fraction of sp³-hybridized carbons (Fsp3) is 0.263. The Kier molecular flexibility index (Phi) is 4.88. The molecule has 0 aliphatic rings. The number of benzene rings is 1. The van der Waals surface area contributed by atoms with Crippen molar-refractivity contribution >= 4 is 16.9 Å². The highest BCUT2D eigenvalue weighted by molar-refractivity contribution is 5.87. The number of rotatable bonds is 6. The van der Waals surface area contributed by atoms with Gasteiger partial charge in [-0.05, 0) is 42.3 Å². The average Bonchev–Trinajstić information content (AvgIpc) is 3.04. The van der Waals surface area contributed by atoms with Crippen molar-refractivity contribution in [2.45, 2.75) is 19.4 Å². The van der Waals surface area contributed by atoms with Gasteiger partial charge in [-0.2, -0.15) is 0 Å². The first-order valence-corrected chi connectivity index (χ1v) is 8.04. The second-order valence-corrected chi connectivity index (χ2v) is 5.79. The third-order valence-electron chi connectivity index (χ3n) is 4.17. The summed E-state index contributed by atoms with van der Waals surface area (Å²) in [6, 6.07) is 9.31. The van der Waals surface area contributed by atoms with Gasteiger partial charge in [-0.25, -0.2) is 4.98 Å². The summed E-state index contributed by atoms with van der Waals surface area (Å²) in [5.74, 6) is 1.26. The molecule has 2 heterocycles. The smallest absolute Gasteiger partial charge is 0.224 e. The van der Waals surface area contributed by atoms with Gasteiger partial charge in [-0.1, -0.05) is 6.07 Å². The average molecular weight is 339 g/mol. The Hall–Kier alpha value is -3.02. The molecule has 0 saturated carbocycles. The van der Waals surface area contributed by atoms with Crippen LogP contribution in [-0.2, 0) is 11.2 Å². The fourth-order valence-electron chi connectivity index (χ4n) is 2.83. The Bertz CT molecular complexity index is 889. The number of aromatic nitrogens is 2. The molecule has 6 heteroatoms. The van der Waals surface area contributed by atoms with Crippen molar-refractivity contribution in [3.8, 4) is 11.5 Å². The molecule has 0 aliphatic carbocycles. The molecule has 0 spiro atoms. The highest BCUT2D eigenvalue weighted by Crippen LogP contribution is 2.29. The fourth-order valence-corrected chi connectivity index (χ4v) is 2.83. The van der Waals surface area contributed by atoms with Crippen LogP contribution in [0.2, 0.25) is 0 Å². The second kappa shape index (κ2) is 7.25. The molecular weight excluding hydrogens is 318 g/mol. The monoisotopic (exact) mass is 339 g/mol. The van der Waals surface area contributed by atoms with E-state index in [4.69, 9.17) is 9.47 Å². The number of hydrogen-bond acceptors (Lipinski definition) is 4. The number of nitrogens with one attached hydrogen (secondary N) is 2. The number of aromatic amines is 1. The Balaban J connectivity index is 1.70. The molecule has 1 atom stereocenters. The minimum absolute atomic E-state index is 0.0490. The quantitative estimate of drug-likeness (QED) is 0.724. The molecule has 0 aliphatic heterocycles. The molecule has 0 bridgehead atoms. The van der Waals surface area contributed by atoms with Crippen molar-refractivity contribution in [3.63, 3.8) is 0 Å². The summed E-state index contributed by atoms with van der Waals surface area (Å²) in [5.41, 5.74) is 2.67. The summed E-state index contributed by atoms with van der Waals surface area (Å²) in [7, 11) is 3.19. The van der Waals surface area contributed by atoms with Crippen LogP contribution in [0.15, 0.2) is 42.7 Å². The largest absolute Gasteiger partial charge is 0.493 e. The van der Waals surface area contributed by atoms with Crippen LogP contribution < -0.4 is 14.8 Å². The van der Waals surface area contributed by atoms with Crippen LogP contribution in [0.4, 0.5) is 0 Å². The molecule has 3 rings (SSSR count). The maximum Gasteiger partial charge on any atom is 0.224 e. The first-order valence-electron chi connectivity index (χ1n) is 8.04. The van der Waals surface area contributed by atoms with Crippen LogP contribution in [0, 0.1) is 0 Å². The van der Waals surface area contributed by atoms with Crippen LogP contribution >= 0.6 is 0 Å². The lowest BCUT2D eigenvalue weighted by Gasteiger charge is -2.16. The summed E-state index contributed by atoms with van der Waals surface area (Å²) in [6.45, 7) is 1.94. The minimum Gasteiger partial charge on any atom is -0.493 e. The standard InChI is InChI=1S/C19H21N3O3/c1-12(13-6-7-16(24-2)17(9-13)25-3)22-18(23)10-14-11-21-19-15(14)5-4-8-20-19/h4-9,11-12H,10H2,1-3H3,(H,20,21)(H,22,23). The molecule has 1 unspecified atom stereocenters. The van der Waals surface area contributed by atoms with Gasteiger partial charge in [0.05, 0.1) is 26.7 Å². The van der Waals surface area contributed by atoms with Gasteiger partial charge >= 0.3 is 0 Å². The Morgan fingerprint density at radius 1 is 1.24 bits per heavy atom. The third-order valence-corrected chi connectivity index (χ3v) is 4.17. The maximum atomic E-state index is 12.4. The number of hydrogen-bond donors (Lipinski definition) is 2. The molecule has 2 N–H and O–H groups in total. The molecule has 6 nitrogen and oxygen atoms in total. The Morgan fingerprint density at radius 3 is 2.80 bits per heavy atom. The number of carbonyl (C=O) groups excluding carboxylic acids is 1. The number of carbonyl (C=O) groups is 1. The van der Waals surface area contributed by atoms with Gasteiger partial charge in [0.15, 0.2) is 11.5 Å². The number of methoxy groups -OCH3 is 2. The van der Waals surface area contributed by atoms with Crippen molar-refractivity contribution in [2.24, 2.45) is 0 Å². The van der Waals surface area contributed by atoms with Crippen molar-refractivity contribution in [1.82, 2.24) is 15.3 Å². The summed E-state index contributed by atoms with van der Waals surface area (Å²) >= 11 is 0. The predicted molar refractivity (Wildman–Crippen MR) is 95.9 cm³/mol. The van der Waals surface area contributed by atoms with Crippen molar-refractivity contribution in [3.05, 3.63) is 53.9 Å². The van der Waals surface area contributed by atoms with E-state index in [2.05, 4.69) is 15.3 Å². The van der Waals surface area contributed by atoms with E-state index in [9.17, 15) is 4.79 Å². The number of nitrogens with zero attached hydrogens (tertiary/aromatic N) is 1. The van der Waals surface area contributed by atoms with E-state index in [-0.39, 0.29) is 11.9 Å². The van der Waals surface area contributed by atoms with E-state index < -0.39 is 0 Å². The zero-order chi connectivity index (χ0) is 17.8. The van der Waals surface area contributed by atoms with Crippen molar-refractivity contribution in [1.29, 1.82) is 0 Å². The topological polar surface area (TPSA) is 76.2 Å². The molecule has 130 valence electrons. The van der Waals surface area contributed by atoms with E-state index in [0.717, 1.165) is 22.2 Å². The van der Waals surface area contributed by atoms with Gasteiger partial charge in [-0.3, -0.25) is 4.79 Å². The van der Waals surface area contributed by atoms with Gasteiger partial charge in [0.1, 0.15) is 5.65 Å². The van der Waals surface area contributed by atoms with Crippen LogP contribution in [0.25, 0.3) is 11.0 Å². The maximum absolute atomic E-state index is 12.4. The molecular formula is C19H21N3O3. The number of ether oxygens (including phenoxy) is 2. The summed E-state index contributed by atoms with van der Waals surface area (Å²) in [5, 5.41) is 3.99. The SMILES string of the molecule is COc1ccc(C(C)NC(=O)Cc2c[nH]c3ncccc23)cc1OC. The van der Waals surface area contributed by atoms with Gasteiger partial charge in [0.2, 0.25) is 5.91 Å². The molecule has 2 aromatic heterocycles. The van der Waals surface area contributed by atoms with Crippen molar-refractivity contribution < 1.29 is 14.3 Å². The third kappa shape index (κ3) is 3.57. The van der Waals surface area contributed by atoms with Gasteiger partial charge < -0.3 is 19.8 Å². The second-order valence-electron chi connectivity index (χ2n) is 5.79. The lowest BCUT2D eigenvalue weighted by molar-refractivity contribution is -0.121. The number of pyridine rings is 1. The van der Waals surface area contributed by atoms with E-state index in [1.807, 2.05) is 43.5 Å². The molecule has 0 saturated heterocycles. The predicted octanol–water partition coefficient (Wildman–Crippen LogP) is 3.00. The number of H-pyrrole nitrogens is 1. The zero-order valence-corrected chi connectivity index (χ0v) is 14.5. The summed E-state index contributed by atoms with van der Waals surface area (Å²) < 4.78 is 10.6. The number of amides is 1. The highest BCUT2D eigenvalue weighted by atomic mass is 16.5. The zero-order valence-electron chi connectivity index (χ0n) is 14.5. The molecule has 0 radical (unpaired) electrons. The van der Waals surface area contributed by atoms with Crippen LogP contribution in [0.3, 0.4) is 0 Å². The first-order chi connectivity index (χ1) is 12.1. The van der Waals surface area contributed by atoms with E-state index in [0.29, 0.717) is 17.9 Å². The highest BCUT2D eigenvalue weighted by Gasteiger charge is 2.14. The lowest BCUT2D eigenvalue weighted by Crippen LogP contribution is -2.28. The van der Waals surface area contributed by atoms with E-state index >= 15 is 0 Å². The molecule has 0 fully saturated rings. The van der Waals surface area contributed by atoms with E-state index in [1.165, 1.54) is 0 Å². The lowest BCUT2D eigenvalue weighted by atomic mass is 10.1. The Morgan fingerprint density at radius 2 is 2.04 bits per heavy atom. The molecule has 3 aromatic rings. The summed E-state index contributed by atoms with van der Waals surface area (Å²) in [6.07, 6.45) is 3.85.